The largest absolute Gasteiger partial charge is 0.469 e. The van der Waals surface area contributed by atoms with Crippen molar-refractivity contribution in [1.29, 1.82) is 0 Å². The second-order valence-corrected chi connectivity index (χ2v) is 4.55. The summed E-state index contributed by atoms with van der Waals surface area (Å²) in [6.45, 7) is 3.45. The van der Waals surface area contributed by atoms with Crippen LogP contribution in [0.25, 0.3) is 0 Å². The van der Waals surface area contributed by atoms with Crippen molar-refractivity contribution in [3.63, 3.8) is 0 Å². The van der Waals surface area contributed by atoms with E-state index < -0.39 is 0 Å². The molecule has 88 valence electrons. The van der Waals surface area contributed by atoms with Crippen molar-refractivity contribution in [3.05, 3.63) is 24.2 Å². The van der Waals surface area contributed by atoms with Gasteiger partial charge in [0.2, 0.25) is 5.91 Å². The molecule has 0 aromatic carbocycles. The van der Waals surface area contributed by atoms with E-state index in [0.29, 0.717) is 25.9 Å². The maximum Gasteiger partial charge on any atom is 0.223 e. The van der Waals surface area contributed by atoms with Crippen LogP contribution in [-0.2, 0) is 11.2 Å². The zero-order valence-electron chi connectivity index (χ0n) is 9.61. The molecule has 1 saturated heterocycles. The summed E-state index contributed by atoms with van der Waals surface area (Å²) in [6, 6.07) is 3.73. The molecule has 1 aromatic rings. The molecule has 16 heavy (non-hydrogen) atoms. The van der Waals surface area contributed by atoms with Gasteiger partial charge in [-0.15, -0.1) is 0 Å². The Labute approximate surface area is 95.4 Å². The van der Waals surface area contributed by atoms with E-state index in [2.05, 4.69) is 6.92 Å². The summed E-state index contributed by atoms with van der Waals surface area (Å²) >= 11 is 0. The molecule has 2 heterocycles. The number of rotatable bonds is 4. The van der Waals surface area contributed by atoms with Crippen molar-refractivity contribution in [2.75, 3.05) is 13.1 Å². The number of carbonyl (C=O) groups is 1. The first-order valence-electron chi connectivity index (χ1n) is 5.72. The second-order valence-electron chi connectivity index (χ2n) is 4.55. The van der Waals surface area contributed by atoms with E-state index in [1.807, 2.05) is 17.0 Å². The van der Waals surface area contributed by atoms with Crippen LogP contribution < -0.4 is 5.73 Å². The summed E-state index contributed by atoms with van der Waals surface area (Å²) in [6.07, 6.45) is 3.74. The highest BCUT2D eigenvalue weighted by molar-refractivity contribution is 5.77. The molecule has 1 fully saturated rings. The maximum atomic E-state index is 11.8. The predicted molar refractivity (Wildman–Crippen MR) is 60.8 cm³/mol. The summed E-state index contributed by atoms with van der Waals surface area (Å²) in [7, 11) is 0. The van der Waals surface area contributed by atoms with Crippen LogP contribution in [0, 0.1) is 0 Å². The standard InChI is InChI=1S/C12H18N2O2/c1-2-12(13)8-14(9-12)11(15)6-5-10-4-3-7-16-10/h3-4,7H,2,5-6,8-9,13H2,1H3. The van der Waals surface area contributed by atoms with E-state index in [1.165, 1.54) is 0 Å². The molecule has 0 aliphatic carbocycles. The third-order valence-electron chi connectivity index (χ3n) is 3.23. The fourth-order valence-electron chi connectivity index (χ4n) is 1.96. The average molecular weight is 222 g/mol. The molecule has 2 rings (SSSR count). The van der Waals surface area contributed by atoms with Crippen LogP contribution in [-0.4, -0.2) is 29.4 Å². The Balaban J connectivity index is 1.74. The van der Waals surface area contributed by atoms with Gasteiger partial charge in [0, 0.05) is 25.9 Å². The SMILES string of the molecule is CCC1(N)CN(C(=O)CCc2ccco2)C1. The van der Waals surface area contributed by atoms with Crippen molar-refractivity contribution in [3.8, 4) is 0 Å². The minimum atomic E-state index is -0.139. The Morgan fingerprint density at radius 1 is 1.62 bits per heavy atom. The van der Waals surface area contributed by atoms with Gasteiger partial charge in [-0.25, -0.2) is 0 Å². The molecule has 0 saturated carbocycles. The number of likely N-dealkylation sites (tertiary alicyclic amines) is 1. The highest BCUT2D eigenvalue weighted by Crippen LogP contribution is 2.22. The van der Waals surface area contributed by atoms with Gasteiger partial charge in [-0.1, -0.05) is 6.92 Å². The molecule has 0 bridgehead atoms. The summed E-state index contributed by atoms with van der Waals surface area (Å²) in [5.74, 6) is 1.04. The summed E-state index contributed by atoms with van der Waals surface area (Å²) in [5.41, 5.74) is 5.87. The summed E-state index contributed by atoms with van der Waals surface area (Å²) in [5, 5.41) is 0. The van der Waals surface area contributed by atoms with E-state index in [1.54, 1.807) is 6.26 Å². The number of carbonyl (C=O) groups excluding carboxylic acids is 1. The molecule has 0 unspecified atom stereocenters. The third-order valence-corrected chi connectivity index (χ3v) is 3.23. The van der Waals surface area contributed by atoms with Crippen LogP contribution >= 0.6 is 0 Å². The topological polar surface area (TPSA) is 59.5 Å². The molecule has 4 nitrogen and oxygen atoms in total. The van der Waals surface area contributed by atoms with Gasteiger partial charge in [0.05, 0.1) is 11.8 Å². The first kappa shape index (κ1) is 11.2. The lowest BCUT2D eigenvalue weighted by Crippen LogP contribution is -2.68. The molecule has 1 aliphatic rings. The second kappa shape index (κ2) is 4.29. The highest BCUT2D eigenvalue weighted by Gasteiger charge is 2.39. The maximum absolute atomic E-state index is 11.8. The predicted octanol–water partition coefficient (Wildman–Crippen LogP) is 1.16. The number of hydrogen-bond donors (Lipinski definition) is 1. The van der Waals surface area contributed by atoms with E-state index in [4.69, 9.17) is 10.2 Å². The first-order valence-corrected chi connectivity index (χ1v) is 5.72. The van der Waals surface area contributed by atoms with Gasteiger partial charge in [0.15, 0.2) is 0 Å². The Bertz CT molecular complexity index is 353. The summed E-state index contributed by atoms with van der Waals surface area (Å²) < 4.78 is 5.18. The fraction of sp³-hybridized carbons (Fsp3) is 0.583. The van der Waals surface area contributed by atoms with E-state index in [-0.39, 0.29) is 11.4 Å². The molecule has 1 aromatic heterocycles. The molecule has 1 aliphatic heterocycles. The lowest BCUT2D eigenvalue weighted by molar-refractivity contribution is -0.138. The molecule has 0 atom stereocenters. The normalized spacial score (nSPS) is 18.2. The number of hydrogen-bond acceptors (Lipinski definition) is 3. The Kier molecular flexibility index (Phi) is 3.01. The highest BCUT2D eigenvalue weighted by atomic mass is 16.3. The van der Waals surface area contributed by atoms with Crippen LogP contribution in [0.2, 0.25) is 0 Å². The average Bonchev–Trinajstić information content (AvgIpc) is 2.74. The van der Waals surface area contributed by atoms with Gasteiger partial charge in [-0.3, -0.25) is 4.79 Å². The smallest absolute Gasteiger partial charge is 0.223 e. The van der Waals surface area contributed by atoms with Crippen molar-refractivity contribution in [2.24, 2.45) is 5.73 Å². The number of furan rings is 1. The van der Waals surface area contributed by atoms with Crippen LogP contribution in [0.5, 0.6) is 0 Å². The van der Waals surface area contributed by atoms with Gasteiger partial charge in [-0.05, 0) is 18.6 Å². The van der Waals surface area contributed by atoms with Crippen LogP contribution in [0.3, 0.4) is 0 Å². The van der Waals surface area contributed by atoms with Gasteiger partial charge in [0.25, 0.3) is 0 Å². The minimum Gasteiger partial charge on any atom is -0.469 e. The molecule has 0 spiro atoms. The third kappa shape index (κ3) is 2.27. The zero-order chi connectivity index (χ0) is 11.6. The van der Waals surface area contributed by atoms with Crippen molar-refractivity contribution in [2.45, 2.75) is 31.7 Å². The lowest BCUT2D eigenvalue weighted by Gasteiger charge is -2.47. The molecular weight excluding hydrogens is 204 g/mol. The number of nitrogens with zero attached hydrogens (tertiary/aromatic N) is 1. The molecular formula is C12H18N2O2. The Hall–Kier alpha value is -1.29. The quantitative estimate of drug-likeness (QED) is 0.831. The van der Waals surface area contributed by atoms with Crippen molar-refractivity contribution >= 4 is 5.91 Å². The molecule has 4 heteroatoms. The number of aryl methyl sites for hydroxylation is 1. The van der Waals surface area contributed by atoms with Gasteiger partial charge >= 0.3 is 0 Å². The van der Waals surface area contributed by atoms with Gasteiger partial charge in [0.1, 0.15) is 5.76 Å². The fourth-order valence-corrected chi connectivity index (χ4v) is 1.96. The first-order chi connectivity index (χ1) is 7.63. The molecule has 1 amide bonds. The zero-order valence-corrected chi connectivity index (χ0v) is 9.61. The summed E-state index contributed by atoms with van der Waals surface area (Å²) in [4.78, 5) is 13.6. The minimum absolute atomic E-state index is 0.139. The van der Waals surface area contributed by atoms with Gasteiger partial charge < -0.3 is 15.1 Å². The van der Waals surface area contributed by atoms with E-state index >= 15 is 0 Å². The van der Waals surface area contributed by atoms with E-state index in [0.717, 1.165) is 12.2 Å². The molecule has 0 radical (unpaired) electrons. The Morgan fingerprint density at radius 3 is 2.94 bits per heavy atom. The van der Waals surface area contributed by atoms with Crippen molar-refractivity contribution < 1.29 is 9.21 Å². The van der Waals surface area contributed by atoms with Crippen LogP contribution in [0.15, 0.2) is 22.8 Å². The molecule has 2 N–H and O–H groups in total. The Morgan fingerprint density at radius 2 is 2.38 bits per heavy atom. The number of nitrogens with two attached hydrogens (primary N) is 1. The monoisotopic (exact) mass is 222 g/mol. The van der Waals surface area contributed by atoms with E-state index in [9.17, 15) is 4.79 Å². The van der Waals surface area contributed by atoms with Crippen LogP contribution in [0.1, 0.15) is 25.5 Å². The van der Waals surface area contributed by atoms with Gasteiger partial charge in [-0.2, -0.15) is 0 Å². The van der Waals surface area contributed by atoms with Crippen molar-refractivity contribution in [1.82, 2.24) is 4.90 Å². The lowest BCUT2D eigenvalue weighted by atomic mass is 9.88. The van der Waals surface area contributed by atoms with Crippen LogP contribution in [0.4, 0.5) is 0 Å². The number of amides is 1.